The number of aromatic nitrogens is 1. The highest BCUT2D eigenvalue weighted by molar-refractivity contribution is 7.25. The van der Waals surface area contributed by atoms with Gasteiger partial charge in [0.1, 0.15) is 11.2 Å². The number of hydrogen-bond acceptors (Lipinski definition) is 3. The lowest BCUT2D eigenvalue weighted by Crippen LogP contribution is -2.12. The molecule has 0 amide bonds. The summed E-state index contributed by atoms with van der Waals surface area (Å²) in [5.74, 6) is 0. The van der Waals surface area contributed by atoms with Gasteiger partial charge in [0.15, 0.2) is 0 Å². The summed E-state index contributed by atoms with van der Waals surface area (Å²) < 4.78 is 11.9. The van der Waals surface area contributed by atoms with Crippen molar-refractivity contribution in [1.82, 2.24) is 4.57 Å². The van der Waals surface area contributed by atoms with Gasteiger partial charge >= 0.3 is 0 Å². The topological polar surface area (TPSA) is 21.3 Å². The molecule has 0 saturated carbocycles. The second kappa shape index (κ2) is 14.5. The van der Waals surface area contributed by atoms with Crippen LogP contribution in [0.4, 0.5) is 17.1 Å². The lowest BCUT2D eigenvalue weighted by atomic mass is 9.96. The molecule has 0 unspecified atom stereocenters. The molecule has 0 atom stereocenters. The van der Waals surface area contributed by atoms with Crippen LogP contribution < -0.4 is 4.90 Å². The second-order valence-corrected chi connectivity index (χ2v) is 18.3. The lowest BCUT2D eigenvalue weighted by molar-refractivity contribution is 0.670. The van der Waals surface area contributed by atoms with Crippen molar-refractivity contribution >= 4 is 114 Å². The van der Waals surface area contributed by atoms with E-state index >= 15 is 0 Å². The van der Waals surface area contributed by atoms with E-state index in [0.717, 1.165) is 61.4 Å². The Morgan fingerprint density at radius 1 is 0.364 bits per heavy atom. The van der Waals surface area contributed by atoms with Gasteiger partial charge in [-0.2, -0.15) is 0 Å². The third-order valence-electron chi connectivity index (χ3n) is 13.6. The number of nitrogens with zero attached hydrogens (tertiary/aromatic N) is 2. The van der Waals surface area contributed by atoms with Crippen molar-refractivity contribution in [3.05, 3.63) is 231 Å². The quantitative estimate of drug-likeness (QED) is 0.155. The number of rotatable bonds is 6. The van der Waals surface area contributed by atoms with Crippen LogP contribution in [0.2, 0.25) is 0 Å². The zero-order valence-corrected chi connectivity index (χ0v) is 36.5. The van der Waals surface area contributed by atoms with Crippen molar-refractivity contribution in [3.8, 4) is 27.9 Å². The Bertz CT molecular complexity index is 4210. The van der Waals surface area contributed by atoms with Crippen LogP contribution in [0.1, 0.15) is 0 Å². The van der Waals surface area contributed by atoms with E-state index in [1.807, 2.05) is 11.3 Å². The molecular weight excluding hydrogens is 821 g/mol. The minimum atomic E-state index is 0.865. The molecule has 0 saturated heterocycles. The van der Waals surface area contributed by atoms with E-state index in [0.29, 0.717) is 0 Å². The third-order valence-corrected chi connectivity index (χ3v) is 14.7. The molecule has 0 aliphatic rings. The Morgan fingerprint density at radius 3 is 1.88 bits per heavy atom. The van der Waals surface area contributed by atoms with E-state index in [1.54, 1.807) is 0 Å². The van der Waals surface area contributed by atoms with Crippen LogP contribution in [0, 0.1) is 0 Å². The number of benzene rings is 11. The molecule has 0 aliphatic heterocycles. The minimum Gasteiger partial charge on any atom is -0.455 e. The Balaban J connectivity index is 1.06. The predicted molar refractivity (Wildman–Crippen MR) is 282 cm³/mol. The molecule has 308 valence electrons. The smallest absolute Gasteiger partial charge is 0.143 e. The maximum Gasteiger partial charge on any atom is 0.143 e. The van der Waals surface area contributed by atoms with Crippen molar-refractivity contribution in [3.63, 3.8) is 0 Å². The van der Waals surface area contributed by atoms with Crippen molar-refractivity contribution in [2.75, 3.05) is 4.90 Å². The van der Waals surface area contributed by atoms with Crippen LogP contribution in [0.3, 0.4) is 0 Å². The fourth-order valence-electron chi connectivity index (χ4n) is 10.6. The van der Waals surface area contributed by atoms with Crippen LogP contribution >= 0.6 is 11.3 Å². The molecular formula is C62H38N2OS. The number of hydrogen-bond donors (Lipinski definition) is 0. The average molecular weight is 859 g/mol. The molecule has 4 heteroatoms. The van der Waals surface area contributed by atoms with Crippen molar-refractivity contribution in [1.29, 1.82) is 0 Å². The molecule has 14 aromatic rings. The van der Waals surface area contributed by atoms with Crippen LogP contribution in [0.5, 0.6) is 0 Å². The molecule has 3 heterocycles. The summed E-state index contributed by atoms with van der Waals surface area (Å²) in [5.41, 5.74) is 12.9. The monoisotopic (exact) mass is 858 g/mol. The third kappa shape index (κ3) is 5.62. The average Bonchev–Trinajstić information content (AvgIpc) is 4.06. The first-order valence-corrected chi connectivity index (χ1v) is 23.3. The molecule has 3 nitrogen and oxygen atoms in total. The van der Waals surface area contributed by atoms with Crippen LogP contribution in [0.15, 0.2) is 235 Å². The summed E-state index contributed by atoms with van der Waals surface area (Å²) in [7, 11) is 0. The molecule has 0 bridgehead atoms. The van der Waals surface area contributed by atoms with E-state index in [9.17, 15) is 0 Å². The van der Waals surface area contributed by atoms with Gasteiger partial charge in [0.25, 0.3) is 0 Å². The zero-order chi connectivity index (χ0) is 43.3. The number of fused-ring (bicyclic) bond motifs is 12. The van der Waals surface area contributed by atoms with Gasteiger partial charge < -0.3 is 13.9 Å². The van der Waals surface area contributed by atoms with Crippen molar-refractivity contribution in [2.24, 2.45) is 0 Å². The second-order valence-electron chi connectivity index (χ2n) is 17.2. The maximum absolute atomic E-state index is 6.91. The Morgan fingerprint density at radius 2 is 1.02 bits per heavy atom. The molecule has 14 rings (SSSR count). The molecule has 0 aliphatic carbocycles. The number of thiophene rings is 1. The van der Waals surface area contributed by atoms with Gasteiger partial charge in [-0.3, -0.25) is 0 Å². The Hall–Kier alpha value is -8.44. The molecule has 66 heavy (non-hydrogen) atoms. The minimum absolute atomic E-state index is 0.865. The molecule has 0 spiro atoms. The summed E-state index contributed by atoms with van der Waals surface area (Å²) in [6.07, 6.45) is 0. The largest absolute Gasteiger partial charge is 0.455 e. The first kappa shape index (κ1) is 37.0. The SMILES string of the molecule is c1cc(-c2cc(N(c3ccccc3-c3ccc4sc5ccccc5c4c3)c3cccc4c3ccc3ccccc34)cc3c2oc2ccccc23)cc(-n2c3ccccc3c3ccccc32)c1. The van der Waals surface area contributed by atoms with Gasteiger partial charge in [-0.1, -0.05) is 158 Å². The van der Waals surface area contributed by atoms with Gasteiger partial charge in [-0.25, -0.2) is 0 Å². The predicted octanol–water partition coefficient (Wildman–Crippen LogP) is 18.2. The molecule has 0 fully saturated rings. The van der Waals surface area contributed by atoms with E-state index in [2.05, 4.69) is 240 Å². The molecule has 11 aromatic carbocycles. The van der Waals surface area contributed by atoms with Gasteiger partial charge in [0, 0.05) is 69.6 Å². The van der Waals surface area contributed by atoms with Gasteiger partial charge in [-0.15, -0.1) is 11.3 Å². The number of para-hydroxylation sites is 4. The first-order valence-electron chi connectivity index (χ1n) is 22.5. The zero-order valence-electron chi connectivity index (χ0n) is 35.7. The normalized spacial score (nSPS) is 11.9. The summed E-state index contributed by atoms with van der Waals surface area (Å²) >= 11 is 1.85. The summed E-state index contributed by atoms with van der Waals surface area (Å²) in [6, 6.07) is 84.2. The van der Waals surface area contributed by atoms with Crippen molar-refractivity contribution < 1.29 is 4.42 Å². The highest BCUT2D eigenvalue weighted by Gasteiger charge is 2.24. The van der Waals surface area contributed by atoms with Gasteiger partial charge in [0.05, 0.1) is 22.4 Å². The Kier molecular flexibility index (Phi) is 8.15. The maximum atomic E-state index is 6.91. The standard InChI is InChI=1S/C62H38N2OS/c1-2-18-44-39(15-1)31-33-49-46(44)24-14-28-58(49)64(55-25-8-3-19-45(55)41-32-34-61-53(36-41)51-23-7-12-30-60(51)66-61)43-37-52(62-54(38-43)50-22-6-11-29-59(50)65-62)40-16-13-17-42(35-40)63-56-26-9-4-20-47(56)48-21-5-10-27-57(48)63/h1-38H. The number of anilines is 3. The molecule has 0 N–H and O–H groups in total. The van der Waals surface area contributed by atoms with Crippen LogP contribution in [-0.2, 0) is 0 Å². The highest BCUT2D eigenvalue weighted by Crippen LogP contribution is 2.49. The highest BCUT2D eigenvalue weighted by atomic mass is 32.1. The first-order chi connectivity index (χ1) is 32.7. The van der Waals surface area contributed by atoms with E-state index in [-0.39, 0.29) is 0 Å². The van der Waals surface area contributed by atoms with Crippen LogP contribution in [-0.4, -0.2) is 4.57 Å². The lowest BCUT2D eigenvalue weighted by Gasteiger charge is -2.30. The fraction of sp³-hybridized carbons (Fsp3) is 0. The molecule has 0 radical (unpaired) electrons. The molecule has 3 aromatic heterocycles. The van der Waals surface area contributed by atoms with E-state index in [1.165, 1.54) is 69.1 Å². The fourth-order valence-corrected chi connectivity index (χ4v) is 11.7. The van der Waals surface area contributed by atoms with Gasteiger partial charge in [-0.05, 0) is 100 Å². The van der Waals surface area contributed by atoms with E-state index < -0.39 is 0 Å². The van der Waals surface area contributed by atoms with Gasteiger partial charge in [0.2, 0.25) is 0 Å². The van der Waals surface area contributed by atoms with Crippen LogP contribution in [0.25, 0.3) is 113 Å². The van der Waals surface area contributed by atoms with E-state index in [4.69, 9.17) is 4.42 Å². The summed E-state index contributed by atoms with van der Waals surface area (Å²) in [6.45, 7) is 0. The summed E-state index contributed by atoms with van der Waals surface area (Å²) in [5, 5.41) is 12.1. The number of furan rings is 1. The summed E-state index contributed by atoms with van der Waals surface area (Å²) in [4.78, 5) is 2.49. The van der Waals surface area contributed by atoms with Crippen molar-refractivity contribution in [2.45, 2.75) is 0 Å². The Labute approximate surface area is 384 Å².